The van der Waals surface area contributed by atoms with Crippen LogP contribution in [0.15, 0.2) is 87.5 Å². The van der Waals surface area contributed by atoms with Gasteiger partial charge in [-0.3, -0.25) is 0 Å². The zero-order chi connectivity index (χ0) is 25.7. The smallest absolute Gasteiger partial charge is 0.0452 e. The van der Waals surface area contributed by atoms with E-state index in [9.17, 15) is 0 Å². The third-order valence-corrected chi connectivity index (χ3v) is 7.95. The summed E-state index contributed by atoms with van der Waals surface area (Å²) >= 11 is 5.49. The molecule has 3 nitrogen and oxygen atoms in total. The van der Waals surface area contributed by atoms with Gasteiger partial charge in [-0.15, -0.1) is 35.3 Å². The second kappa shape index (κ2) is 20.3. The molecule has 0 heterocycles. The van der Waals surface area contributed by atoms with E-state index in [1.54, 1.807) is 11.8 Å². The summed E-state index contributed by atoms with van der Waals surface area (Å²) in [5, 5.41) is 0. The highest BCUT2D eigenvalue weighted by molar-refractivity contribution is 7.99. The molecule has 6 heteroatoms. The van der Waals surface area contributed by atoms with Crippen LogP contribution in [0.5, 0.6) is 0 Å². The first-order valence-corrected chi connectivity index (χ1v) is 15.5. The van der Waals surface area contributed by atoms with Crippen LogP contribution < -0.4 is 17.2 Å². The van der Waals surface area contributed by atoms with Gasteiger partial charge in [0.05, 0.1) is 0 Å². The van der Waals surface area contributed by atoms with Gasteiger partial charge in [-0.1, -0.05) is 51.7 Å². The SMILES string of the molecule is CCCCCCSc1ccccc1N.CCCCSc1ccc(N)cc1.CSc1ccc(N)cc1. The van der Waals surface area contributed by atoms with Crippen LogP contribution in [-0.4, -0.2) is 17.8 Å². The Morgan fingerprint density at radius 2 is 1.11 bits per heavy atom. The van der Waals surface area contributed by atoms with Crippen LogP contribution in [0.25, 0.3) is 0 Å². The predicted molar refractivity (Wildman–Crippen MR) is 165 cm³/mol. The van der Waals surface area contributed by atoms with E-state index < -0.39 is 0 Å². The Morgan fingerprint density at radius 1 is 0.571 bits per heavy atom. The zero-order valence-corrected chi connectivity index (χ0v) is 24.0. The summed E-state index contributed by atoms with van der Waals surface area (Å²) in [5.41, 5.74) is 19.5. The third-order valence-electron chi connectivity index (χ3n) is 4.94. The van der Waals surface area contributed by atoms with Gasteiger partial charge in [0.1, 0.15) is 0 Å². The number of anilines is 3. The van der Waals surface area contributed by atoms with Gasteiger partial charge in [0.15, 0.2) is 0 Å². The number of hydrogen-bond acceptors (Lipinski definition) is 6. The maximum absolute atomic E-state index is 5.84. The molecular weight excluding hydrogens is 487 g/mol. The standard InChI is InChI=1S/C12H19NS.C10H15NS.C7H9NS/c1-2-3-4-7-10-14-12-9-6-5-8-11(12)13;1-2-3-8-12-10-6-4-9(11)5-7-10;1-9-7-4-2-6(8)3-5-7/h5-6,8-9H,2-4,7,10,13H2,1H3;4-7H,2-3,8,11H2,1H3;2-5H,8H2,1H3. The van der Waals surface area contributed by atoms with Crippen molar-refractivity contribution in [2.24, 2.45) is 0 Å². The Labute approximate surface area is 226 Å². The van der Waals surface area contributed by atoms with Crippen molar-refractivity contribution in [2.45, 2.75) is 67.1 Å². The van der Waals surface area contributed by atoms with Gasteiger partial charge in [0.25, 0.3) is 0 Å². The average Bonchev–Trinajstić information content (AvgIpc) is 2.88. The minimum atomic E-state index is 0.827. The summed E-state index contributed by atoms with van der Waals surface area (Å²) < 4.78 is 0. The summed E-state index contributed by atoms with van der Waals surface area (Å²) in [7, 11) is 0. The highest BCUT2D eigenvalue weighted by Crippen LogP contribution is 2.25. The first-order valence-electron chi connectivity index (χ1n) is 12.3. The predicted octanol–water partition coefficient (Wildman–Crippen LogP) is 9.09. The first-order chi connectivity index (χ1) is 17.0. The van der Waals surface area contributed by atoms with E-state index in [1.165, 1.54) is 64.7 Å². The summed E-state index contributed by atoms with van der Waals surface area (Å²) in [6.07, 6.45) is 9.90. The molecule has 0 saturated carbocycles. The van der Waals surface area contributed by atoms with Crippen LogP contribution in [0.4, 0.5) is 17.1 Å². The molecule has 0 aromatic heterocycles. The maximum Gasteiger partial charge on any atom is 0.0452 e. The second-order valence-corrected chi connectivity index (χ2v) is 11.2. The fourth-order valence-electron chi connectivity index (χ4n) is 2.83. The molecule has 0 atom stereocenters. The number of para-hydroxylation sites is 1. The molecule has 0 unspecified atom stereocenters. The summed E-state index contributed by atoms with van der Waals surface area (Å²) in [4.78, 5) is 3.80. The van der Waals surface area contributed by atoms with Crippen molar-refractivity contribution in [2.75, 3.05) is 35.0 Å². The highest BCUT2D eigenvalue weighted by atomic mass is 32.2. The van der Waals surface area contributed by atoms with E-state index in [0.717, 1.165) is 17.1 Å². The molecule has 6 N–H and O–H groups in total. The maximum atomic E-state index is 5.84. The topological polar surface area (TPSA) is 78.1 Å². The van der Waals surface area contributed by atoms with Crippen LogP contribution in [0.2, 0.25) is 0 Å². The van der Waals surface area contributed by atoms with E-state index in [0.29, 0.717) is 0 Å². The fraction of sp³-hybridized carbons (Fsp3) is 0.379. The molecule has 3 aromatic rings. The fourth-order valence-corrected chi connectivity index (χ4v) is 5.21. The van der Waals surface area contributed by atoms with Crippen molar-refractivity contribution in [3.8, 4) is 0 Å². The molecule has 0 aliphatic heterocycles. The van der Waals surface area contributed by atoms with Crippen LogP contribution in [0, 0.1) is 0 Å². The summed E-state index contributed by atoms with van der Waals surface area (Å²) in [5.74, 6) is 2.40. The van der Waals surface area contributed by atoms with Crippen LogP contribution in [0.1, 0.15) is 52.4 Å². The highest BCUT2D eigenvalue weighted by Gasteiger charge is 1.97. The van der Waals surface area contributed by atoms with E-state index in [4.69, 9.17) is 17.2 Å². The van der Waals surface area contributed by atoms with Gasteiger partial charge < -0.3 is 17.2 Å². The molecule has 35 heavy (non-hydrogen) atoms. The second-order valence-electron chi connectivity index (χ2n) is 7.99. The lowest BCUT2D eigenvalue weighted by Gasteiger charge is -2.04. The first kappa shape index (κ1) is 31.1. The quantitative estimate of drug-likeness (QED) is 0.131. The van der Waals surface area contributed by atoms with Crippen molar-refractivity contribution in [1.82, 2.24) is 0 Å². The van der Waals surface area contributed by atoms with Gasteiger partial charge in [0.2, 0.25) is 0 Å². The summed E-state index contributed by atoms with van der Waals surface area (Å²) in [6, 6.07) is 24.0. The van der Waals surface area contributed by atoms with Crippen molar-refractivity contribution >= 4 is 52.3 Å². The molecule has 0 fully saturated rings. The lowest BCUT2D eigenvalue weighted by Crippen LogP contribution is -1.88. The van der Waals surface area contributed by atoms with E-state index in [2.05, 4.69) is 32.0 Å². The number of unbranched alkanes of at least 4 members (excludes halogenated alkanes) is 4. The minimum Gasteiger partial charge on any atom is -0.399 e. The number of nitrogens with two attached hydrogens (primary N) is 3. The molecule has 192 valence electrons. The molecule has 0 saturated heterocycles. The monoisotopic (exact) mass is 529 g/mol. The largest absolute Gasteiger partial charge is 0.399 e. The van der Waals surface area contributed by atoms with Gasteiger partial charge in [0, 0.05) is 31.7 Å². The Bertz CT molecular complexity index is 900. The van der Waals surface area contributed by atoms with Gasteiger partial charge >= 0.3 is 0 Å². The molecule has 0 aliphatic carbocycles. The van der Waals surface area contributed by atoms with Gasteiger partial charge in [-0.25, -0.2) is 0 Å². The Morgan fingerprint density at radius 3 is 1.66 bits per heavy atom. The molecule has 0 spiro atoms. The molecule has 3 rings (SSSR count). The molecular formula is C29H43N3S3. The minimum absolute atomic E-state index is 0.827. The number of benzene rings is 3. The zero-order valence-electron chi connectivity index (χ0n) is 21.5. The van der Waals surface area contributed by atoms with Crippen molar-refractivity contribution in [1.29, 1.82) is 0 Å². The molecule has 0 aliphatic rings. The number of hydrogen-bond donors (Lipinski definition) is 3. The van der Waals surface area contributed by atoms with Crippen molar-refractivity contribution < 1.29 is 0 Å². The Kier molecular flexibility index (Phi) is 18.1. The third kappa shape index (κ3) is 15.7. The number of nitrogen functional groups attached to an aromatic ring is 3. The van der Waals surface area contributed by atoms with Crippen molar-refractivity contribution in [3.05, 3.63) is 72.8 Å². The normalized spacial score (nSPS) is 10.0. The molecule has 0 amide bonds. The van der Waals surface area contributed by atoms with E-state index >= 15 is 0 Å². The molecule has 0 radical (unpaired) electrons. The van der Waals surface area contributed by atoms with Crippen molar-refractivity contribution in [3.63, 3.8) is 0 Å². The van der Waals surface area contributed by atoms with E-state index in [1.807, 2.05) is 84.4 Å². The van der Waals surface area contributed by atoms with Gasteiger partial charge in [-0.05, 0) is 91.3 Å². The Hall–Kier alpha value is -1.89. The number of thioether (sulfide) groups is 3. The average molecular weight is 530 g/mol. The lowest BCUT2D eigenvalue weighted by atomic mass is 10.2. The molecule has 3 aromatic carbocycles. The lowest BCUT2D eigenvalue weighted by molar-refractivity contribution is 0.706. The Balaban J connectivity index is 0.000000269. The van der Waals surface area contributed by atoms with Crippen LogP contribution >= 0.6 is 35.3 Å². The molecule has 0 bridgehead atoms. The number of rotatable bonds is 11. The van der Waals surface area contributed by atoms with Crippen LogP contribution in [0.3, 0.4) is 0 Å². The summed E-state index contributed by atoms with van der Waals surface area (Å²) in [6.45, 7) is 4.45. The van der Waals surface area contributed by atoms with Crippen LogP contribution in [-0.2, 0) is 0 Å². The van der Waals surface area contributed by atoms with Gasteiger partial charge in [-0.2, -0.15) is 0 Å². The van der Waals surface area contributed by atoms with E-state index in [-0.39, 0.29) is 0 Å².